The van der Waals surface area contributed by atoms with Gasteiger partial charge >= 0.3 is 0 Å². The summed E-state index contributed by atoms with van der Waals surface area (Å²) in [4.78, 5) is 25.3. The molecule has 1 saturated heterocycles. The molecule has 30 heavy (non-hydrogen) atoms. The molecule has 1 aliphatic carbocycles. The highest BCUT2D eigenvalue weighted by Crippen LogP contribution is 2.25. The highest BCUT2D eigenvalue weighted by atomic mass is 16.5. The van der Waals surface area contributed by atoms with E-state index in [2.05, 4.69) is 20.2 Å². The monoisotopic (exact) mass is 411 g/mol. The van der Waals surface area contributed by atoms with Crippen LogP contribution in [0.2, 0.25) is 0 Å². The number of nitrogens with zero attached hydrogens (tertiary/aromatic N) is 4. The van der Waals surface area contributed by atoms with Crippen molar-refractivity contribution in [2.75, 3.05) is 33.2 Å². The number of furan rings is 1. The van der Waals surface area contributed by atoms with Crippen LogP contribution in [0.25, 0.3) is 0 Å². The molecule has 4 rings (SSSR count). The molecule has 2 aromatic heterocycles. The molecule has 2 aliphatic rings. The van der Waals surface area contributed by atoms with Crippen LogP contribution in [0.15, 0.2) is 46.1 Å². The maximum Gasteiger partial charge on any atom is 0.289 e. The lowest BCUT2D eigenvalue weighted by atomic mass is 10.2. The Hall–Kier alpha value is -3.03. The van der Waals surface area contributed by atoms with E-state index in [-0.39, 0.29) is 12.0 Å². The standard InChI is InChI=1S/C22H29N5O3/c1-23-22(27-13-11-26(12-14-27)21(28)19-9-5-15-29-19)25-16-17-6-4-10-24-20(17)30-18-7-2-3-8-18/h4-6,9-10,15,18H,2-3,7-8,11-14,16H2,1H3,(H,23,25). The number of pyridine rings is 1. The number of nitrogens with one attached hydrogen (secondary N) is 1. The van der Waals surface area contributed by atoms with Gasteiger partial charge in [0.2, 0.25) is 5.88 Å². The van der Waals surface area contributed by atoms with Crippen LogP contribution >= 0.6 is 0 Å². The van der Waals surface area contributed by atoms with E-state index < -0.39 is 0 Å². The predicted octanol–water partition coefficient (Wildman–Crippen LogP) is 2.53. The molecule has 0 atom stereocenters. The minimum atomic E-state index is -0.0633. The number of aliphatic imine (C=N–C) groups is 1. The van der Waals surface area contributed by atoms with Gasteiger partial charge in [-0.1, -0.05) is 6.07 Å². The number of rotatable bonds is 5. The van der Waals surface area contributed by atoms with Crippen molar-refractivity contribution in [1.29, 1.82) is 0 Å². The van der Waals surface area contributed by atoms with Crippen LogP contribution in [-0.4, -0.2) is 66.0 Å². The van der Waals surface area contributed by atoms with Crippen LogP contribution in [0.1, 0.15) is 41.8 Å². The van der Waals surface area contributed by atoms with Crippen molar-refractivity contribution < 1.29 is 13.9 Å². The maximum atomic E-state index is 12.4. The lowest BCUT2D eigenvalue weighted by molar-refractivity contribution is 0.0657. The van der Waals surface area contributed by atoms with Gasteiger partial charge in [0, 0.05) is 51.5 Å². The second-order valence-electron chi connectivity index (χ2n) is 7.65. The van der Waals surface area contributed by atoms with E-state index in [0.29, 0.717) is 44.4 Å². The van der Waals surface area contributed by atoms with Gasteiger partial charge in [-0.25, -0.2) is 4.98 Å². The Morgan fingerprint density at radius 2 is 1.97 bits per heavy atom. The van der Waals surface area contributed by atoms with E-state index >= 15 is 0 Å². The van der Waals surface area contributed by atoms with Gasteiger partial charge in [0.25, 0.3) is 5.91 Å². The molecule has 0 spiro atoms. The van der Waals surface area contributed by atoms with Crippen LogP contribution in [0, 0.1) is 0 Å². The van der Waals surface area contributed by atoms with E-state index in [4.69, 9.17) is 9.15 Å². The SMILES string of the molecule is CN=C(NCc1cccnc1OC1CCCC1)N1CCN(C(=O)c2ccco2)CC1. The molecule has 0 aromatic carbocycles. The smallest absolute Gasteiger partial charge is 0.289 e. The molecule has 2 aromatic rings. The quantitative estimate of drug-likeness (QED) is 0.601. The Kier molecular flexibility index (Phi) is 6.51. The zero-order chi connectivity index (χ0) is 20.8. The summed E-state index contributed by atoms with van der Waals surface area (Å²) in [6.45, 7) is 3.27. The molecule has 0 unspecified atom stereocenters. The van der Waals surface area contributed by atoms with Crippen molar-refractivity contribution in [2.45, 2.75) is 38.3 Å². The lowest BCUT2D eigenvalue weighted by Crippen LogP contribution is -2.53. The molecule has 1 amide bonds. The fourth-order valence-electron chi connectivity index (χ4n) is 4.01. The topological polar surface area (TPSA) is 83.2 Å². The maximum absolute atomic E-state index is 12.4. The minimum Gasteiger partial charge on any atom is -0.474 e. The average molecular weight is 412 g/mol. The third-order valence-electron chi connectivity index (χ3n) is 5.68. The summed E-state index contributed by atoms with van der Waals surface area (Å²) in [5.41, 5.74) is 1.03. The van der Waals surface area contributed by atoms with Gasteiger partial charge < -0.3 is 24.3 Å². The third-order valence-corrected chi connectivity index (χ3v) is 5.68. The second kappa shape index (κ2) is 9.65. The zero-order valence-corrected chi connectivity index (χ0v) is 17.4. The fraction of sp³-hybridized carbons (Fsp3) is 0.500. The first kappa shape index (κ1) is 20.3. The number of amides is 1. The van der Waals surface area contributed by atoms with Gasteiger partial charge in [-0.15, -0.1) is 0 Å². The van der Waals surface area contributed by atoms with Crippen LogP contribution in [0.3, 0.4) is 0 Å². The normalized spacial score (nSPS) is 18.0. The molecule has 8 nitrogen and oxygen atoms in total. The number of ether oxygens (including phenoxy) is 1. The Labute approximate surface area is 176 Å². The number of carbonyl (C=O) groups is 1. The number of piperazine rings is 1. The van der Waals surface area contributed by atoms with Crippen molar-refractivity contribution in [1.82, 2.24) is 20.1 Å². The summed E-state index contributed by atoms with van der Waals surface area (Å²) in [5, 5.41) is 3.43. The summed E-state index contributed by atoms with van der Waals surface area (Å²) in [5.74, 6) is 1.85. The van der Waals surface area contributed by atoms with Crippen molar-refractivity contribution in [3.63, 3.8) is 0 Å². The summed E-state index contributed by atoms with van der Waals surface area (Å²) in [6.07, 6.45) is 8.24. The van der Waals surface area contributed by atoms with E-state index in [0.717, 1.165) is 24.4 Å². The van der Waals surface area contributed by atoms with Crippen molar-refractivity contribution >= 4 is 11.9 Å². The molecule has 0 radical (unpaired) electrons. The van der Waals surface area contributed by atoms with Crippen molar-refractivity contribution in [3.05, 3.63) is 48.0 Å². The van der Waals surface area contributed by atoms with Crippen LogP contribution in [-0.2, 0) is 6.54 Å². The molecule has 1 N–H and O–H groups in total. The van der Waals surface area contributed by atoms with Crippen LogP contribution < -0.4 is 10.1 Å². The Morgan fingerprint density at radius 1 is 1.20 bits per heavy atom. The average Bonchev–Trinajstić information content (AvgIpc) is 3.50. The number of hydrogen-bond donors (Lipinski definition) is 1. The minimum absolute atomic E-state index is 0.0633. The molecule has 0 bridgehead atoms. The first-order valence-corrected chi connectivity index (χ1v) is 10.6. The largest absolute Gasteiger partial charge is 0.474 e. The summed E-state index contributed by atoms with van der Waals surface area (Å²) in [7, 11) is 1.78. The second-order valence-corrected chi connectivity index (χ2v) is 7.65. The zero-order valence-electron chi connectivity index (χ0n) is 17.4. The number of aromatic nitrogens is 1. The van der Waals surface area contributed by atoms with Gasteiger partial charge in [0.05, 0.1) is 6.26 Å². The van der Waals surface area contributed by atoms with Crippen molar-refractivity contribution in [2.24, 2.45) is 4.99 Å². The Morgan fingerprint density at radius 3 is 2.67 bits per heavy atom. The Balaban J connectivity index is 1.31. The molecule has 2 fully saturated rings. The van der Waals surface area contributed by atoms with Gasteiger partial charge in [-0.2, -0.15) is 0 Å². The summed E-state index contributed by atoms with van der Waals surface area (Å²) < 4.78 is 11.4. The third kappa shape index (κ3) is 4.75. The molecule has 160 valence electrons. The molecule has 3 heterocycles. The van der Waals surface area contributed by atoms with Crippen LogP contribution in [0.5, 0.6) is 5.88 Å². The van der Waals surface area contributed by atoms with Gasteiger partial charge in [0.15, 0.2) is 11.7 Å². The van der Waals surface area contributed by atoms with E-state index in [1.54, 1.807) is 25.4 Å². The number of guanidine groups is 1. The van der Waals surface area contributed by atoms with Crippen molar-refractivity contribution in [3.8, 4) is 5.88 Å². The van der Waals surface area contributed by atoms with E-state index in [9.17, 15) is 4.79 Å². The van der Waals surface area contributed by atoms with Gasteiger partial charge in [-0.05, 0) is 43.9 Å². The molecule has 1 aliphatic heterocycles. The fourth-order valence-corrected chi connectivity index (χ4v) is 4.01. The van der Waals surface area contributed by atoms with E-state index in [1.807, 2.05) is 17.0 Å². The molecule has 8 heteroatoms. The van der Waals surface area contributed by atoms with Crippen LogP contribution in [0.4, 0.5) is 0 Å². The number of carbonyl (C=O) groups excluding carboxylic acids is 1. The molecular weight excluding hydrogens is 382 g/mol. The summed E-state index contributed by atoms with van der Waals surface area (Å²) >= 11 is 0. The first-order chi connectivity index (χ1) is 14.7. The Bertz CT molecular complexity index is 853. The van der Waals surface area contributed by atoms with E-state index in [1.165, 1.54) is 19.1 Å². The summed E-state index contributed by atoms with van der Waals surface area (Å²) in [6, 6.07) is 7.41. The molecular formula is C22H29N5O3. The highest BCUT2D eigenvalue weighted by Gasteiger charge is 2.25. The van der Waals surface area contributed by atoms with Gasteiger partial charge in [-0.3, -0.25) is 9.79 Å². The molecule has 1 saturated carbocycles. The van der Waals surface area contributed by atoms with Gasteiger partial charge in [0.1, 0.15) is 6.10 Å². The predicted molar refractivity (Wildman–Crippen MR) is 114 cm³/mol. The number of hydrogen-bond acceptors (Lipinski definition) is 5. The lowest BCUT2D eigenvalue weighted by Gasteiger charge is -2.36. The highest BCUT2D eigenvalue weighted by molar-refractivity contribution is 5.91. The first-order valence-electron chi connectivity index (χ1n) is 10.6.